The molecule has 0 radical (unpaired) electrons. The zero-order valence-corrected chi connectivity index (χ0v) is 4.71. The minimum atomic E-state index is 0. The average molecular weight is 176 g/mol. The maximum absolute atomic E-state index is 8.00. The van der Waals surface area contributed by atoms with E-state index in [1.54, 1.807) is 0 Å². The van der Waals surface area contributed by atoms with Gasteiger partial charge in [-0.2, -0.15) is 0 Å². The van der Waals surface area contributed by atoms with Crippen molar-refractivity contribution in [1.29, 1.82) is 0 Å². The van der Waals surface area contributed by atoms with Gasteiger partial charge < -0.3 is 9.59 Å². The Hall–Kier alpha value is 0.327. The molecule has 0 aromatic heterocycles. The summed E-state index contributed by atoms with van der Waals surface area (Å²) in [6.45, 7) is 5.25. The van der Waals surface area contributed by atoms with Crippen LogP contribution < -0.4 is 0 Å². The molecule has 0 amide bonds. The second-order valence-corrected chi connectivity index (χ2v) is 0. The van der Waals surface area contributed by atoms with Crippen LogP contribution in [0.3, 0.4) is 0 Å². The van der Waals surface area contributed by atoms with Crippen LogP contribution in [0.4, 0.5) is 0 Å². The van der Waals surface area contributed by atoms with Crippen molar-refractivity contribution in [3.05, 3.63) is 0 Å². The van der Waals surface area contributed by atoms with E-state index in [0.29, 0.717) is 0 Å². The van der Waals surface area contributed by atoms with Gasteiger partial charge in [-0.05, 0) is 0 Å². The third kappa shape index (κ3) is 448. The second-order valence-electron chi connectivity index (χ2n) is 0. The summed E-state index contributed by atoms with van der Waals surface area (Å²) in [4.78, 5) is 15.8. The van der Waals surface area contributed by atoms with E-state index in [1.807, 2.05) is 6.79 Å². The third-order valence-corrected chi connectivity index (χ3v) is 0. The van der Waals surface area contributed by atoms with Crippen molar-refractivity contribution in [3.63, 3.8) is 0 Å². The number of carbonyl (C=O) groups excluding carboxylic acids is 2. The van der Waals surface area contributed by atoms with Gasteiger partial charge in [0.25, 0.3) is 0 Å². The predicted molar refractivity (Wildman–Crippen MR) is 13.9 cm³/mol. The SMILES string of the molecule is C=O.[CH-]=O.[Ni].[Ni]. The quantitative estimate of drug-likeness (QED) is 0.284. The predicted octanol–water partition coefficient (Wildman–Crippen LogP) is -0.464. The van der Waals surface area contributed by atoms with Crippen molar-refractivity contribution < 1.29 is 42.6 Å². The molecule has 6 heavy (non-hydrogen) atoms. The molecule has 0 unspecified atom stereocenters. The first-order chi connectivity index (χ1) is 2.00. The molecule has 0 saturated heterocycles. The van der Waals surface area contributed by atoms with Gasteiger partial charge in [-0.3, -0.25) is 6.79 Å². The average Bonchev–Trinajstić information content (AvgIpc) is 1.50. The van der Waals surface area contributed by atoms with E-state index >= 15 is 0 Å². The van der Waals surface area contributed by atoms with Gasteiger partial charge >= 0.3 is 0 Å². The Bertz CT molecular complexity index is 11.5. The molecule has 44 valence electrons. The van der Waals surface area contributed by atoms with E-state index in [2.05, 4.69) is 6.79 Å². The zero-order valence-electron chi connectivity index (χ0n) is 2.73. The van der Waals surface area contributed by atoms with Crippen molar-refractivity contribution in [3.8, 4) is 0 Å². The Morgan fingerprint density at radius 3 is 1.00 bits per heavy atom. The minimum absolute atomic E-state index is 0. The topological polar surface area (TPSA) is 34.1 Å². The second kappa shape index (κ2) is 933. The summed E-state index contributed by atoms with van der Waals surface area (Å²) >= 11 is 0. The third-order valence-electron chi connectivity index (χ3n) is 0. The number of rotatable bonds is 0. The molecule has 4 heteroatoms. The van der Waals surface area contributed by atoms with E-state index < -0.39 is 0 Å². The number of carbonyl (C=O) groups is 1. The van der Waals surface area contributed by atoms with Gasteiger partial charge in [-0.15, -0.1) is 0 Å². The van der Waals surface area contributed by atoms with E-state index in [-0.39, 0.29) is 33.0 Å². The molecule has 0 aliphatic rings. The van der Waals surface area contributed by atoms with Crippen molar-refractivity contribution >= 4 is 13.6 Å². The molecule has 0 aliphatic carbocycles. The van der Waals surface area contributed by atoms with E-state index in [4.69, 9.17) is 9.59 Å². The van der Waals surface area contributed by atoms with Crippen LogP contribution in [0, 0.1) is 0 Å². The Morgan fingerprint density at radius 2 is 1.00 bits per heavy atom. The molecule has 0 aromatic rings. The monoisotopic (exact) mass is 175 g/mol. The fourth-order valence-electron chi connectivity index (χ4n) is 0. The van der Waals surface area contributed by atoms with Crippen molar-refractivity contribution in [2.75, 3.05) is 0 Å². The van der Waals surface area contributed by atoms with Gasteiger partial charge in [-0.25, -0.2) is 0 Å². The Morgan fingerprint density at radius 1 is 1.00 bits per heavy atom. The smallest absolute Gasteiger partial charge is 0.106 e. The van der Waals surface area contributed by atoms with Crippen molar-refractivity contribution in [2.45, 2.75) is 0 Å². The summed E-state index contributed by atoms with van der Waals surface area (Å²) in [5.74, 6) is 0. The molecule has 2 nitrogen and oxygen atoms in total. The summed E-state index contributed by atoms with van der Waals surface area (Å²) in [7, 11) is 0. The number of hydrogen-bond acceptors (Lipinski definition) is 2. The van der Waals surface area contributed by atoms with Gasteiger partial charge in [0.15, 0.2) is 0 Å². The summed E-state index contributed by atoms with van der Waals surface area (Å²) < 4.78 is 0. The molecule has 0 N–H and O–H groups in total. The molecule has 0 atom stereocenters. The zero-order chi connectivity index (χ0) is 4.00. The first-order valence-electron chi connectivity index (χ1n) is 0.524. The molecule has 0 heterocycles. The maximum atomic E-state index is 8.00. The summed E-state index contributed by atoms with van der Waals surface area (Å²) in [6.07, 6.45) is 0. The molecule has 0 aliphatic heterocycles. The van der Waals surface area contributed by atoms with E-state index in [9.17, 15) is 0 Å². The van der Waals surface area contributed by atoms with Crippen molar-refractivity contribution in [2.24, 2.45) is 0 Å². The van der Waals surface area contributed by atoms with Gasteiger partial charge in [-0.1, -0.05) is 0 Å². The van der Waals surface area contributed by atoms with Gasteiger partial charge in [0.2, 0.25) is 0 Å². The Kier molecular flexibility index (Phi) is 5150. The fraction of sp³-hybridized carbons (Fsp3) is 0. The Balaban J connectivity index is -0.00000000500. The van der Waals surface area contributed by atoms with Gasteiger partial charge in [0.05, 0.1) is 0 Å². The molecule has 0 spiro atoms. The van der Waals surface area contributed by atoms with Crippen LogP contribution in [0.15, 0.2) is 0 Å². The standard InChI is InChI=1S/CH2O.CHO.2Ni/c2*1-2;;/h1H2;1H;;/q;-1;;. The summed E-state index contributed by atoms with van der Waals surface area (Å²) in [6, 6.07) is 0. The van der Waals surface area contributed by atoms with Crippen LogP contribution in [0.2, 0.25) is 0 Å². The summed E-state index contributed by atoms with van der Waals surface area (Å²) in [5, 5.41) is 0. The number of hydrogen-bond donors (Lipinski definition) is 0. The van der Waals surface area contributed by atoms with E-state index in [0.717, 1.165) is 0 Å². The van der Waals surface area contributed by atoms with Crippen LogP contribution in [0.1, 0.15) is 0 Å². The molecular formula is C2H3Ni2O2-. The van der Waals surface area contributed by atoms with Crippen LogP contribution in [0.5, 0.6) is 0 Å². The van der Waals surface area contributed by atoms with Crippen LogP contribution >= 0.6 is 0 Å². The molecule has 0 rings (SSSR count). The molecular weight excluding hydrogens is 173 g/mol. The molecule has 0 bridgehead atoms. The van der Waals surface area contributed by atoms with Crippen LogP contribution in [-0.2, 0) is 42.6 Å². The van der Waals surface area contributed by atoms with Crippen LogP contribution in [-0.4, -0.2) is 13.6 Å². The first-order valence-corrected chi connectivity index (χ1v) is 0.524. The normalized spacial score (nSPS) is 1.33. The van der Waals surface area contributed by atoms with Crippen LogP contribution in [0.25, 0.3) is 0 Å². The first kappa shape index (κ1) is 33.2. The molecule has 0 aromatic carbocycles. The largest absolute Gasteiger partial charge is 0.545 e. The maximum Gasteiger partial charge on any atom is 0.106 e. The van der Waals surface area contributed by atoms with Gasteiger partial charge in [0.1, 0.15) is 6.79 Å². The summed E-state index contributed by atoms with van der Waals surface area (Å²) in [5.41, 5.74) is 0. The van der Waals surface area contributed by atoms with E-state index in [1.165, 1.54) is 0 Å². The molecule has 0 saturated carbocycles. The minimum Gasteiger partial charge on any atom is -0.545 e. The van der Waals surface area contributed by atoms with Crippen molar-refractivity contribution in [1.82, 2.24) is 0 Å². The molecule has 0 fully saturated rings. The van der Waals surface area contributed by atoms with Gasteiger partial charge in [0, 0.05) is 33.0 Å². The Labute approximate surface area is 56.5 Å². The fourth-order valence-corrected chi connectivity index (χ4v) is 0.